The van der Waals surface area contributed by atoms with Gasteiger partial charge in [-0.25, -0.2) is 0 Å². The zero-order chi connectivity index (χ0) is 15.2. The molecule has 0 saturated carbocycles. The molecule has 0 aromatic heterocycles. The first-order chi connectivity index (χ1) is 10.4. The average Bonchev–Trinajstić information content (AvgIpc) is 2.94. The van der Waals surface area contributed by atoms with E-state index in [4.69, 9.17) is 0 Å². The molecule has 1 aliphatic heterocycles. The lowest BCUT2D eigenvalue weighted by atomic mass is 10.1. The highest BCUT2D eigenvalue weighted by Gasteiger charge is 2.22. The van der Waals surface area contributed by atoms with Crippen LogP contribution < -0.4 is 5.32 Å². The average molecular weight is 297 g/mol. The van der Waals surface area contributed by atoms with Crippen molar-refractivity contribution in [3.05, 3.63) is 0 Å². The van der Waals surface area contributed by atoms with E-state index >= 15 is 0 Å². The molecule has 21 heavy (non-hydrogen) atoms. The molecule has 1 heterocycles. The molecule has 1 aliphatic rings. The molecule has 0 bridgehead atoms. The fourth-order valence-corrected chi connectivity index (χ4v) is 3.53. The number of nitrogens with one attached hydrogen (secondary N) is 1. The summed E-state index contributed by atoms with van der Waals surface area (Å²) in [6.45, 7) is 9.50. The van der Waals surface area contributed by atoms with Crippen molar-refractivity contribution >= 4 is 0 Å². The summed E-state index contributed by atoms with van der Waals surface area (Å²) in [5.74, 6) is 0. The molecule has 1 unspecified atom stereocenters. The molecule has 0 aromatic carbocycles. The molecule has 1 fully saturated rings. The highest BCUT2D eigenvalue weighted by molar-refractivity contribution is 4.80. The third kappa shape index (κ3) is 9.52. The Hall–Kier alpha value is -0.0800. The Bertz CT molecular complexity index is 218. The van der Waals surface area contributed by atoms with Crippen molar-refractivity contribution in [1.82, 2.24) is 10.2 Å². The second-order valence-electron chi connectivity index (χ2n) is 6.82. The largest absolute Gasteiger partial charge is 0.315 e. The van der Waals surface area contributed by atoms with E-state index in [1.165, 1.54) is 96.7 Å². The predicted octanol–water partition coefficient (Wildman–Crippen LogP) is 4.98. The minimum absolute atomic E-state index is 0.823. The minimum Gasteiger partial charge on any atom is -0.315 e. The fraction of sp³-hybridized carbons (Fsp3) is 1.00. The zero-order valence-corrected chi connectivity index (χ0v) is 14.8. The van der Waals surface area contributed by atoms with Gasteiger partial charge in [-0.05, 0) is 38.9 Å². The summed E-state index contributed by atoms with van der Waals surface area (Å²) in [6, 6.07) is 0.823. The Morgan fingerprint density at radius 2 is 1.48 bits per heavy atom. The standard InChI is InChI=1S/C19H40N2/c1-3-5-6-7-8-9-10-11-12-13-16-21-17-14-15-19(21)18-20-4-2/h19-20H,3-18H2,1-2H3. The van der Waals surface area contributed by atoms with Gasteiger partial charge < -0.3 is 5.32 Å². The van der Waals surface area contributed by atoms with Crippen molar-refractivity contribution in [1.29, 1.82) is 0 Å². The first-order valence-electron chi connectivity index (χ1n) is 9.83. The maximum absolute atomic E-state index is 3.52. The molecule has 1 saturated heterocycles. The quantitative estimate of drug-likeness (QED) is 0.455. The van der Waals surface area contributed by atoms with Crippen LogP contribution in [0.1, 0.15) is 90.9 Å². The van der Waals surface area contributed by atoms with Crippen molar-refractivity contribution in [2.45, 2.75) is 96.9 Å². The van der Waals surface area contributed by atoms with Crippen molar-refractivity contribution < 1.29 is 0 Å². The Morgan fingerprint density at radius 3 is 2.10 bits per heavy atom. The molecule has 0 aromatic rings. The van der Waals surface area contributed by atoms with E-state index in [0.29, 0.717) is 0 Å². The first kappa shape index (κ1) is 19.0. The molecule has 2 nitrogen and oxygen atoms in total. The van der Waals surface area contributed by atoms with Gasteiger partial charge in [-0.3, -0.25) is 4.90 Å². The third-order valence-electron chi connectivity index (χ3n) is 4.93. The van der Waals surface area contributed by atoms with Gasteiger partial charge in [0.25, 0.3) is 0 Å². The van der Waals surface area contributed by atoms with Crippen LogP contribution in [0.25, 0.3) is 0 Å². The van der Waals surface area contributed by atoms with Crippen LogP contribution in [0.15, 0.2) is 0 Å². The molecular weight excluding hydrogens is 256 g/mol. The number of hydrogen-bond acceptors (Lipinski definition) is 2. The minimum atomic E-state index is 0.823. The van der Waals surface area contributed by atoms with Gasteiger partial charge in [-0.15, -0.1) is 0 Å². The van der Waals surface area contributed by atoms with Gasteiger partial charge in [0.05, 0.1) is 0 Å². The highest BCUT2D eigenvalue weighted by Crippen LogP contribution is 2.18. The number of nitrogens with zero attached hydrogens (tertiary/aromatic N) is 1. The smallest absolute Gasteiger partial charge is 0.0221 e. The van der Waals surface area contributed by atoms with Gasteiger partial charge in [-0.2, -0.15) is 0 Å². The summed E-state index contributed by atoms with van der Waals surface area (Å²) < 4.78 is 0. The van der Waals surface area contributed by atoms with Crippen LogP contribution in [0.3, 0.4) is 0 Å². The van der Waals surface area contributed by atoms with Gasteiger partial charge in [-0.1, -0.05) is 71.6 Å². The van der Waals surface area contributed by atoms with Crippen molar-refractivity contribution in [2.75, 3.05) is 26.2 Å². The van der Waals surface area contributed by atoms with E-state index in [1.807, 2.05) is 0 Å². The molecule has 1 rings (SSSR count). The Labute approximate surface area is 134 Å². The van der Waals surface area contributed by atoms with Crippen LogP contribution in [-0.4, -0.2) is 37.1 Å². The van der Waals surface area contributed by atoms with E-state index in [0.717, 1.165) is 12.6 Å². The number of rotatable bonds is 14. The number of likely N-dealkylation sites (tertiary alicyclic amines) is 1. The molecular formula is C19H40N2. The molecule has 1 N–H and O–H groups in total. The molecule has 0 amide bonds. The predicted molar refractivity (Wildman–Crippen MR) is 95.0 cm³/mol. The Balaban J connectivity index is 1.87. The second-order valence-corrected chi connectivity index (χ2v) is 6.82. The lowest BCUT2D eigenvalue weighted by Gasteiger charge is -2.24. The lowest BCUT2D eigenvalue weighted by Crippen LogP contribution is -2.38. The van der Waals surface area contributed by atoms with Crippen molar-refractivity contribution in [2.24, 2.45) is 0 Å². The number of likely N-dealkylation sites (N-methyl/N-ethyl adjacent to an activating group) is 1. The van der Waals surface area contributed by atoms with Gasteiger partial charge in [0.15, 0.2) is 0 Å². The second kappa shape index (κ2) is 13.6. The fourth-order valence-electron chi connectivity index (χ4n) is 3.53. The normalized spacial score (nSPS) is 19.4. The van der Waals surface area contributed by atoms with E-state index in [9.17, 15) is 0 Å². The van der Waals surface area contributed by atoms with Crippen LogP contribution in [0.2, 0.25) is 0 Å². The molecule has 2 heteroatoms. The SMILES string of the molecule is CCCCCCCCCCCCN1CCCC1CNCC. The Kier molecular flexibility index (Phi) is 12.3. The summed E-state index contributed by atoms with van der Waals surface area (Å²) in [6.07, 6.45) is 17.3. The van der Waals surface area contributed by atoms with Gasteiger partial charge >= 0.3 is 0 Å². The van der Waals surface area contributed by atoms with Crippen LogP contribution >= 0.6 is 0 Å². The van der Waals surface area contributed by atoms with Crippen LogP contribution in [0, 0.1) is 0 Å². The van der Waals surface area contributed by atoms with E-state index in [2.05, 4.69) is 24.1 Å². The van der Waals surface area contributed by atoms with Gasteiger partial charge in [0.2, 0.25) is 0 Å². The first-order valence-corrected chi connectivity index (χ1v) is 9.83. The van der Waals surface area contributed by atoms with Gasteiger partial charge in [0, 0.05) is 12.6 Å². The van der Waals surface area contributed by atoms with Crippen LogP contribution in [0.4, 0.5) is 0 Å². The monoisotopic (exact) mass is 296 g/mol. The maximum Gasteiger partial charge on any atom is 0.0221 e. The summed E-state index contributed by atoms with van der Waals surface area (Å²) in [4.78, 5) is 2.73. The van der Waals surface area contributed by atoms with Crippen LogP contribution in [0.5, 0.6) is 0 Å². The summed E-state index contributed by atoms with van der Waals surface area (Å²) in [5.41, 5.74) is 0. The molecule has 0 spiro atoms. The number of unbranched alkanes of at least 4 members (excludes halogenated alkanes) is 9. The van der Waals surface area contributed by atoms with E-state index in [-0.39, 0.29) is 0 Å². The molecule has 1 atom stereocenters. The molecule has 0 radical (unpaired) electrons. The molecule has 0 aliphatic carbocycles. The van der Waals surface area contributed by atoms with E-state index < -0.39 is 0 Å². The topological polar surface area (TPSA) is 15.3 Å². The van der Waals surface area contributed by atoms with Crippen molar-refractivity contribution in [3.8, 4) is 0 Å². The summed E-state index contributed by atoms with van der Waals surface area (Å²) in [7, 11) is 0. The Morgan fingerprint density at radius 1 is 0.857 bits per heavy atom. The number of hydrogen-bond donors (Lipinski definition) is 1. The lowest BCUT2D eigenvalue weighted by molar-refractivity contribution is 0.242. The van der Waals surface area contributed by atoms with Gasteiger partial charge in [0.1, 0.15) is 0 Å². The summed E-state index contributed by atoms with van der Waals surface area (Å²) >= 11 is 0. The van der Waals surface area contributed by atoms with Crippen LogP contribution in [-0.2, 0) is 0 Å². The zero-order valence-electron chi connectivity index (χ0n) is 14.8. The highest BCUT2D eigenvalue weighted by atomic mass is 15.2. The van der Waals surface area contributed by atoms with Crippen molar-refractivity contribution in [3.63, 3.8) is 0 Å². The summed E-state index contributed by atoms with van der Waals surface area (Å²) in [5, 5.41) is 3.52. The third-order valence-corrected chi connectivity index (χ3v) is 4.93. The van der Waals surface area contributed by atoms with E-state index in [1.54, 1.807) is 0 Å². The maximum atomic E-state index is 3.52. The molecule has 126 valence electrons.